The fourth-order valence-corrected chi connectivity index (χ4v) is 3.70. The predicted molar refractivity (Wildman–Crippen MR) is 122 cm³/mol. The number of hydrogen-bond acceptors (Lipinski definition) is 3. The van der Waals surface area contributed by atoms with Gasteiger partial charge >= 0.3 is 6.18 Å². The molecular formula is C26H25F3N2O3. The van der Waals surface area contributed by atoms with Gasteiger partial charge < -0.3 is 14.6 Å². The summed E-state index contributed by atoms with van der Waals surface area (Å²) in [5.74, 6) is 0.859. The Labute approximate surface area is 195 Å². The summed E-state index contributed by atoms with van der Waals surface area (Å²) in [6, 6.07) is 13.6. The predicted octanol–water partition coefficient (Wildman–Crippen LogP) is 6.15. The maximum Gasteiger partial charge on any atom is 0.416 e. The van der Waals surface area contributed by atoms with Crippen molar-refractivity contribution >= 4 is 17.5 Å². The molecule has 2 amide bonds. The van der Waals surface area contributed by atoms with Gasteiger partial charge in [0.25, 0.3) is 5.91 Å². The van der Waals surface area contributed by atoms with Gasteiger partial charge in [-0.25, -0.2) is 0 Å². The zero-order valence-corrected chi connectivity index (χ0v) is 19.1. The number of carbonyl (C=O) groups is 2. The molecule has 2 aromatic carbocycles. The first-order chi connectivity index (χ1) is 15.9. The molecule has 8 heteroatoms. The van der Waals surface area contributed by atoms with E-state index >= 15 is 0 Å². The van der Waals surface area contributed by atoms with Crippen molar-refractivity contribution in [1.29, 1.82) is 0 Å². The minimum Gasteiger partial charge on any atom is -0.461 e. The van der Waals surface area contributed by atoms with Crippen molar-refractivity contribution in [1.82, 2.24) is 4.90 Å². The van der Waals surface area contributed by atoms with E-state index in [4.69, 9.17) is 4.42 Å². The van der Waals surface area contributed by atoms with E-state index in [1.54, 1.807) is 12.1 Å². The van der Waals surface area contributed by atoms with E-state index in [1.807, 2.05) is 39.0 Å². The third kappa shape index (κ3) is 5.00. The number of halogens is 3. The Morgan fingerprint density at radius 3 is 2.35 bits per heavy atom. The van der Waals surface area contributed by atoms with Gasteiger partial charge in [-0.3, -0.25) is 9.59 Å². The first-order valence-electron chi connectivity index (χ1n) is 10.9. The number of alkyl halides is 3. The van der Waals surface area contributed by atoms with E-state index in [0.29, 0.717) is 24.4 Å². The van der Waals surface area contributed by atoms with Gasteiger partial charge in [-0.1, -0.05) is 26.8 Å². The molecule has 178 valence electrons. The van der Waals surface area contributed by atoms with Crippen molar-refractivity contribution in [3.63, 3.8) is 0 Å². The van der Waals surface area contributed by atoms with Crippen LogP contribution >= 0.6 is 0 Å². The van der Waals surface area contributed by atoms with Gasteiger partial charge in [-0.05, 0) is 48.5 Å². The molecule has 0 spiro atoms. The molecule has 5 nitrogen and oxygen atoms in total. The summed E-state index contributed by atoms with van der Waals surface area (Å²) in [5, 5.41) is 2.87. The molecule has 0 unspecified atom stereocenters. The number of nitrogens with one attached hydrogen (secondary N) is 1. The lowest BCUT2D eigenvalue weighted by molar-refractivity contribution is -0.137. The van der Waals surface area contributed by atoms with Crippen LogP contribution in [-0.4, -0.2) is 23.3 Å². The van der Waals surface area contributed by atoms with Crippen LogP contribution in [0.5, 0.6) is 0 Å². The maximum absolute atomic E-state index is 13.0. The lowest BCUT2D eigenvalue weighted by Crippen LogP contribution is -2.35. The molecule has 34 heavy (non-hydrogen) atoms. The Balaban J connectivity index is 1.48. The van der Waals surface area contributed by atoms with E-state index in [0.717, 1.165) is 29.0 Å². The smallest absolute Gasteiger partial charge is 0.416 e. The van der Waals surface area contributed by atoms with Gasteiger partial charge in [0.1, 0.15) is 11.5 Å². The van der Waals surface area contributed by atoms with Gasteiger partial charge in [-0.2, -0.15) is 13.2 Å². The Morgan fingerprint density at radius 1 is 1.00 bits per heavy atom. The van der Waals surface area contributed by atoms with Crippen molar-refractivity contribution in [2.24, 2.45) is 5.41 Å². The zero-order chi connectivity index (χ0) is 24.7. The van der Waals surface area contributed by atoms with Crippen molar-refractivity contribution in [3.05, 3.63) is 77.0 Å². The third-order valence-corrected chi connectivity index (χ3v) is 5.70. The maximum atomic E-state index is 13.0. The van der Waals surface area contributed by atoms with E-state index in [9.17, 15) is 22.8 Å². The van der Waals surface area contributed by atoms with Gasteiger partial charge in [0.05, 0.1) is 5.56 Å². The van der Waals surface area contributed by atoms with Crippen molar-refractivity contribution in [2.45, 2.75) is 39.9 Å². The molecule has 0 bridgehead atoms. The van der Waals surface area contributed by atoms with E-state index in [1.165, 1.54) is 17.0 Å². The molecule has 1 N–H and O–H groups in total. The van der Waals surface area contributed by atoms with Crippen molar-refractivity contribution in [3.8, 4) is 11.3 Å². The minimum atomic E-state index is -4.50. The average Bonchev–Trinajstić information content (AvgIpc) is 3.21. The summed E-state index contributed by atoms with van der Waals surface area (Å²) in [6.07, 6.45) is -4.03. The van der Waals surface area contributed by atoms with Crippen LogP contribution in [0.2, 0.25) is 0 Å². The summed E-state index contributed by atoms with van der Waals surface area (Å²) >= 11 is 0. The third-order valence-electron chi connectivity index (χ3n) is 5.70. The SMILES string of the molecule is CC(C)(C)C(=O)Nc1ccc(-c2cc3c(o2)CCN(C(=O)c2cccc(C(F)(F)F)c2)C3)cc1. The van der Waals surface area contributed by atoms with Crippen LogP contribution in [-0.2, 0) is 23.9 Å². The Morgan fingerprint density at radius 2 is 1.71 bits per heavy atom. The normalized spacial score (nSPS) is 14.0. The highest BCUT2D eigenvalue weighted by Crippen LogP contribution is 2.32. The number of carbonyl (C=O) groups excluding carboxylic acids is 2. The number of hydrogen-bond donors (Lipinski definition) is 1. The van der Waals surface area contributed by atoms with Crippen LogP contribution in [0.1, 0.15) is 48.0 Å². The highest BCUT2D eigenvalue weighted by Gasteiger charge is 2.32. The van der Waals surface area contributed by atoms with Gasteiger partial charge in [0, 0.05) is 47.3 Å². The number of anilines is 1. The molecule has 0 fully saturated rings. The summed E-state index contributed by atoms with van der Waals surface area (Å²) in [6.45, 7) is 6.13. The summed E-state index contributed by atoms with van der Waals surface area (Å²) in [4.78, 5) is 26.5. The molecule has 0 saturated heterocycles. The Bertz CT molecular complexity index is 1220. The van der Waals surface area contributed by atoms with Gasteiger partial charge in [-0.15, -0.1) is 0 Å². The van der Waals surface area contributed by atoms with Crippen molar-refractivity contribution < 1.29 is 27.2 Å². The number of nitrogens with zero attached hydrogens (tertiary/aromatic N) is 1. The van der Waals surface area contributed by atoms with E-state index < -0.39 is 23.1 Å². The Hall–Kier alpha value is -3.55. The number of fused-ring (bicyclic) bond motifs is 1. The monoisotopic (exact) mass is 470 g/mol. The van der Waals surface area contributed by atoms with Crippen LogP contribution in [0.25, 0.3) is 11.3 Å². The molecule has 1 aliphatic heterocycles. The summed E-state index contributed by atoms with van der Waals surface area (Å²) < 4.78 is 45.0. The number of furan rings is 1. The van der Waals surface area contributed by atoms with Crippen LogP contribution in [0, 0.1) is 5.41 Å². The molecule has 2 heterocycles. The second-order valence-corrected chi connectivity index (χ2v) is 9.40. The van der Waals surface area contributed by atoms with Crippen molar-refractivity contribution in [2.75, 3.05) is 11.9 Å². The lowest BCUT2D eigenvalue weighted by Gasteiger charge is -2.26. The second-order valence-electron chi connectivity index (χ2n) is 9.40. The van der Waals surface area contributed by atoms with E-state index in [2.05, 4.69) is 5.32 Å². The van der Waals surface area contributed by atoms with Crippen LogP contribution in [0.3, 0.4) is 0 Å². The summed E-state index contributed by atoms with van der Waals surface area (Å²) in [7, 11) is 0. The molecule has 3 aromatic rings. The largest absolute Gasteiger partial charge is 0.461 e. The number of benzene rings is 2. The number of rotatable bonds is 3. The van der Waals surface area contributed by atoms with Gasteiger partial charge in [0.15, 0.2) is 0 Å². The average molecular weight is 470 g/mol. The standard InChI is InChI=1S/C26H25F3N2O3/c1-25(2,3)24(33)30-20-9-7-16(8-10-20)22-14-18-15-31(12-11-21(18)34-22)23(32)17-5-4-6-19(13-17)26(27,28)29/h4-10,13-14H,11-12,15H2,1-3H3,(H,30,33). The first kappa shape index (κ1) is 23.6. The fourth-order valence-electron chi connectivity index (χ4n) is 3.70. The second kappa shape index (κ2) is 8.66. The van der Waals surface area contributed by atoms with Gasteiger partial charge in [0.2, 0.25) is 5.91 Å². The highest BCUT2D eigenvalue weighted by molar-refractivity contribution is 5.95. The first-order valence-corrected chi connectivity index (χ1v) is 10.9. The molecular weight excluding hydrogens is 445 g/mol. The molecule has 0 radical (unpaired) electrons. The van der Waals surface area contributed by atoms with Crippen LogP contribution in [0.4, 0.5) is 18.9 Å². The molecule has 1 aromatic heterocycles. The minimum absolute atomic E-state index is 0.00915. The molecule has 0 aliphatic carbocycles. The van der Waals surface area contributed by atoms with Crippen LogP contribution < -0.4 is 5.32 Å². The quantitative estimate of drug-likeness (QED) is 0.500. The molecule has 1 aliphatic rings. The zero-order valence-electron chi connectivity index (χ0n) is 19.1. The van der Waals surface area contributed by atoms with Crippen LogP contribution in [0.15, 0.2) is 59.0 Å². The Kier molecular flexibility index (Phi) is 6.02. The topological polar surface area (TPSA) is 62.6 Å². The summed E-state index contributed by atoms with van der Waals surface area (Å²) in [5.41, 5.74) is 0.984. The molecule has 0 atom stereocenters. The highest BCUT2D eigenvalue weighted by atomic mass is 19.4. The molecule has 0 saturated carbocycles. The molecule has 4 rings (SSSR count). The number of amides is 2. The lowest BCUT2D eigenvalue weighted by atomic mass is 9.95. The fraction of sp³-hybridized carbons (Fsp3) is 0.308. The van der Waals surface area contributed by atoms with E-state index in [-0.39, 0.29) is 18.0 Å².